The SMILES string of the molecule is CNC(=O)[C@@H]1[C@@H](O)[C@H](O)[C@@H](CO)N1CCCc1ccccc1. The summed E-state index contributed by atoms with van der Waals surface area (Å²) >= 11 is 0. The molecule has 6 heteroatoms. The maximum atomic E-state index is 12.0. The lowest BCUT2D eigenvalue weighted by molar-refractivity contribution is -0.128. The van der Waals surface area contributed by atoms with Crippen LogP contribution < -0.4 is 5.32 Å². The van der Waals surface area contributed by atoms with Crippen LogP contribution in [0.2, 0.25) is 0 Å². The average Bonchev–Trinajstić information content (AvgIpc) is 2.78. The van der Waals surface area contributed by atoms with Crippen molar-refractivity contribution < 1.29 is 20.1 Å². The van der Waals surface area contributed by atoms with Gasteiger partial charge in [0.15, 0.2) is 0 Å². The highest BCUT2D eigenvalue weighted by atomic mass is 16.3. The van der Waals surface area contributed by atoms with Gasteiger partial charge >= 0.3 is 0 Å². The topological polar surface area (TPSA) is 93.0 Å². The van der Waals surface area contributed by atoms with Gasteiger partial charge in [-0.3, -0.25) is 9.69 Å². The van der Waals surface area contributed by atoms with Gasteiger partial charge in [0.25, 0.3) is 0 Å². The summed E-state index contributed by atoms with van der Waals surface area (Å²) < 4.78 is 0. The van der Waals surface area contributed by atoms with E-state index in [1.54, 1.807) is 4.90 Å². The molecular formula is C16H24N2O4. The molecule has 22 heavy (non-hydrogen) atoms. The summed E-state index contributed by atoms with van der Waals surface area (Å²) in [4.78, 5) is 13.7. The van der Waals surface area contributed by atoms with Crippen molar-refractivity contribution in [3.63, 3.8) is 0 Å². The largest absolute Gasteiger partial charge is 0.395 e. The average molecular weight is 308 g/mol. The maximum absolute atomic E-state index is 12.0. The second-order valence-electron chi connectivity index (χ2n) is 5.62. The summed E-state index contributed by atoms with van der Waals surface area (Å²) in [6.45, 7) is 0.226. The van der Waals surface area contributed by atoms with E-state index in [9.17, 15) is 20.1 Å². The van der Waals surface area contributed by atoms with Gasteiger partial charge in [-0.15, -0.1) is 0 Å². The van der Waals surface area contributed by atoms with Crippen molar-refractivity contribution in [1.82, 2.24) is 10.2 Å². The van der Waals surface area contributed by atoms with Crippen LogP contribution in [0.4, 0.5) is 0 Å². The molecule has 4 atom stereocenters. The number of aliphatic hydroxyl groups is 3. The number of aryl methyl sites for hydroxylation is 1. The van der Waals surface area contributed by atoms with Crippen LogP contribution in [0.15, 0.2) is 30.3 Å². The molecule has 1 aromatic rings. The van der Waals surface area contributed by atoms with Gasteiger partial charge in [0, 0.05) is 7.05 Å². The molecule has 0 saturated carbocycles. The molecule has 0 unspecified atom stereocenters. The highest BCUT2D eigenvalue weighted by Gasteiger charge is 2.49. The molecule has 0 bridgehead atoms. The predicted octanol–water partition coefficient (Wildman–Crippen LogP) is -0.868. The maximum Gasteiger partial charge on any atom is 0.239 e. The fourth-order valence-corrected chi connectivity index (χ4v) is 3.09. The molecule has 1 aliphatic heterocycles. The number of benzene rings is 1. The summed E-state index contributed by atoms with van der Waals surface area (Å²) in [6.07, 6.45) is -0.701. The van der Waals surface area contributed by atoms with E-state index in [1.165, 1.54) is 12.6 Å². The number of aliphatic hydroxyl groups excluding tert-OH is 3. The molecule has 1 amide bonds. The van der Waals surface area contributed by atoms with Crippen LogP contribution in [0.25, 0.3) is 0 Å². The Morgan fingerprint density at radius 1 is 1.23 bits per heavy atom. The van der Waals surface area contributed by atoms with Crippen molar-refractivity contribution in [3.8, 4) is 0 Å². The summed E-state index contributed by atoms with van der Waals surface area (Å²) in [6, 6.07) is 8.53. The smallest absolute Gasteiger partial charge is 0.239 e. The first-order valence-corrected chi connectivity index (χ1v) is 7.58. The molecule has 1 aromatic carbocycles. The third-order valence-electron chi connectivity index (χ3n) is 4.28. The molecule has 0 aliphatic carbocycles. The lowest BCUT2D eigenvalue weighted by Gasteiger charge is -2.28. The molecule has 0 aromatic heterocycles. The summed E-state index contributed by atoms with van der Waals surface area (Å²) in [7, 11) is 1.50. The Hall–Kier alpha value is -1.47. The summed E-state index contributed by atoms with van der Waals surface area (Å²) in [5.41, 5.74) is 1.19. The van der Waals surface area contributed by atoms with Gasteiger partial charge in [0.2, 0.25) is 5.91 Å². The molecule has 122 valence electrons. The number of amides is 1. The third kappa shape index (κ3) is 3.47. The van der Waals surface area contributed by atoms with E-state index in [0.717, 1.165) is 12.8 Å². The Morgan fingerprint density at radius 2 is 1.91 bits per heavy atom. The van der Waals surface area contributed by atoms with Gasteiger partial charge < -0.3 is 20.6 Å². The van der Waals surface area contributed by atoms with Crippen molar-refractivity contribution in [2.45, 2.75) is 37.1 Å². The Kier molecular flexibility index (Phi) is 5.90. The van der Waals surface area contributed by atoms with Crippen molar-refractivity contribution in [3.05, 3.63) is 35.9 Å². The van der Waals surface area contributed by atoms with Gasteiger partial charge in [0.1, 0.15) is 12.1 Å². The Balaban J connectivity index is 2.02. The molecule has 1 heterocycles. The Labute approximate surface area is 130 Å². The van der Waals surface area contributed by atoms with Crippen molar-refractivity contribution >= 4 is 5.91 Å². The van der Waals surface area contributed by atoms with E-state index in [0.29, 0.717) is 6.54 Å². The van der Waals surface area contributed by atoms with E-state index in [1.807, 2.05) is 30.3 Å². The fourth-order valence-electron chi connectivity index (χ4n) is 3.09. The van der Waals surface area contributed by atoms with E-state index in [-0.39, 0.29) is 12.5 Å². The zero-order valence-corrected chi connectivity index (χ0v) is 12.7. The molecule has 1 saturated heterocycles. The van der Waals surface area contributed by atoms with E-state index in [2.05, 4.69) is 5.32 Å². The molecular weight excluding hydrogens is 284 g/mol. The molecule has 1 fully saturated rings. The number of likely N-dealkylation sites (N-methyl/N-ethyl adjacent to an activating group) is 1. The van der Waals surface area contributed by atoms with Gasteiger partial charge in [-0.2, -0.15) is 0 Å². The van der Waals surface area contributed by atoms with Crippen LogP contribution in [0.1, 0.15) is 12.0 Å². The monoisotopic (exact) mass is 308 g/mol. The summed E-state index contributed by atoms with van der Waals surface area (Å²) in [5.74, 6) is -0.345. The summed E-state index contributed by atoms with van der Waals surface area (Å²) in [5, 5.41) is 32.1. The molecule has 0 spiro atoms. The molecule has 2 rings (SSSR count). The normalized spacial score (nSPS) is 28.7. The standard InChI is InChI=1S/C16H24N2O4/c1-17-16(22)13-15(21)14(20)12(10-19)18(13)9-5-8-11-6-3-2-4-7-11/h2-4,6-7,12-15,19-21H,5,8-10H2,1H3,(H,17,22)/t12-,13+,14-,15-/m1/s1. The Morgan fingerprint density at radius 3 is 2.50 bits per heavy atom. The molecule has 1 aliphatic rings. The van der Waals surface area contributed by atoms with Crippen LogP contribution in [0, 0.1) is 0 Å². The van der Waals surface area contributed by atoms with Crippen LogP contribution >= 0.6 is 0 Å². The van der Waals surface area contributed by atoms with Crippen molar-refractivity contribution in [1.29, 1.82) is 0 Å². The van der Waals surface area contributed by atoms with Gasteiger partial charge in [-0.25, -0.2) is 0 Å². The lowest BCUT2D eigenvalue weighted by atomic mass is 10.1. The first-order chi connectivity index (χ1) is 10.6. The number of nitrogens with one attached hydrogen (secondary N) is 1. The van der Waals surface area contributed by atoms with Gasteiger partial charge in [-0.1, -0.05) is 30.3 Å². The number of hydrogen-bond donors (Lipinski definition) is 4. The Bertz CT molecular complexity index is 482. The van der Waals surface area contributed by atoms with Crippen molar-refractivity contribution in [2.24, 2.45) is 0 Å². The van der Waals surface area contributed by atoms with Crippen LogP contribution in [-0.2, 0) is 11.2 Å². The number of rotatable bonds is 6. The van der Waals surface area contributed by atoms with E-state index < -0.39 is 24.3 Å². The molecule has 6 nitrogen and oxygen atoms in total. The van der Waals surface area contributed by atoms with E-state index >= 15 is 0 Å². The lowest BCUT2D eigenvalue weighted by Crippen LogP contribution is -2.49. The molecule has 0 radical (unpaired) electrons. The van der Waals surface area contributed by atoms with Crippen molar-refractivity contribution in [2.75, 3.05) is 20.2 Å². The number of carbonyl (C=O) groups excluding carboxylic acids is 1. The first-order valence-electron chi connectivity index (χ1n) is 7.58. The predicted molar refractivity (Wildman–Crippen MR) is 82.2 cm³/mol. The van der Waals surface area contributed by atoms with E-state index in [4.69, 9.17) is 0 Å². The highest BCUT2D eigenvalue weighted by molar-refractivity contribution is 5.82. The minimum atomic E-state index is -1.19. The van der Waals surface area contributed by atoms with Crippen LogP contribution in [0.5, 0.6) is 0 Å². The first kappa shape index (κ1) is 16.9. The number of nitrogens with zero attached hydrogens (tertiary/aromatic N) is 1. The highest BCUT2D eigenvalue weighted by Crippen LogP contribution is 2.26. The number of likely N-dealkylation sites (tertiary alicyclic amines) is 1. The van der Waals surface area contributed by atoms with Crippen LogP contribution in [0.3, 0.4) is 0 Å². The quantitative estimate of drug-likeness (QED) is 0.548. The zero-order valence-electron chi connectivity index (χ0n) is 12.7. The fraction of sp³-hybridized carbons (Fsp3) is 0.562. The number of hydrogen-bond acceptors (Lipinski definition) is 5. The van der Waals surface area contributed by atoms with Gasteiger partial charge in [-0.05, 0) is 24.9 Å². The second-order valence-corrected chi connectivity index (χ2v) is 5.62. The van der Waals surface area contributed by atoms with Crippen LogP contribution in [-0.4, -0.2) is 70.6 Å². The third-order valence-corrected chi connectivity index (χ3v) is 4.28. The minimum Gasteiger partial charge on any atom is -0.395 e. The molecule has 4 N–H and O–H groups in total. The number of carbonyl (C=O) groups is 1. The second kappa shape index (κ2) is 7.69. The zero-order chi connectivity index (χ0) is 16.1. The van der Waals surface area contributed by atoms with Gasteiger partial charge in [0.05, 0.1) is 18.8 Å². The minimum absolute atomic E-state index is 0.295.